The molecule has 29 heavy (non-hydrogen) atoms. The van der Waals surface area contributed by atoms with Gasteiger partial charge in [-0.05, 0) is 55.7 Å². The molecule has 2 atom stereocenters. The summed E-state index contributed by atoms with van der Waals surface area (Å²) < 4.78 is 0. The molecule has 0 saturated heterocycles. The van der Waals surface area contributed by atoms with Gasteiger partial charge in [0.15, 0.2) is 0 Å². The number of nitrogens with one attached hydrogen (secondary N) is 4. The molecule has 0 aliphatic rings. The first-order valence-electron chi connectivity index (χ1n) is 9.61. The zero-order chi connectivity index (χ0) is 21.2. The van der Waals surface area contributed by atoms with Crippen LogP contribution in [-0.4, -0.2) is 37.2 Å². The van der Waals surface area contributed by atoms with Gasteiger partial charge in [0.2, 0.25) is 0 Å². The molecule has 0 bridgehead atoms. The van der Waals surface area contributed by atoms with Crippen LogP contribution in [0.1, 0.15) is 25.0 Å². The average Bonchev–Trinajstić information content (AvgIpc) is 2.69. The van der Waals surface area contributed by atoms with Gasteiger partial charge in [0.05, 0.1) is 0 Å². The molecule has 0 radical (unpaired) electrons. The van der Waals surface area contributed by atoms with Crippen molar-refractivity contribution in [3.05, 3.63) is 59.7 Å². The van der Waals surface area contributed by atoms with Crippen LogP contribution < -0.4 is 32.7 Å². The van der Waals surface area contributed by atoms with Gasteiger partial charge in [0.25, 0.3) is 0 Å². The molecule has 0 heterocycles. The second kappa shape index (κ2) is 11.0. The Morgan fingerprint density at radius 3 is 1.79 bits per heavy atom. The minimum atomic E-state index is -0.275. The molecule has 4 amide bonds. The Hall–Kier alpha value is -3.10. The van der Waals surface area contributed by atoms with Crippen LogP contribution in [0.3, 0.4) is 0 Å². The normalized spacial score (nSPS) is 12.6. The second-order valence-corrected chi connectivity index (χ2v) is 7.12. The van der Waals surface area contributed by atoms with E-state index in [2.05, 4.69) is 21.3 Å². The lowest BCUT2D eigenvalue weighted by molar-refractivity contribution is 0.249. The molecule has 0 aromatic heterocycles. The summed E-state index contributed by atoms with van der Waals surface area (Å²) in [6.45, 7) is 4.48. The van der Waals surface area contributed by atoms with Crippen LogP contribution in [0.15, 0.2) is 48.5 Å². The number of amides is 4. The number of carbonyl (C=O) groups is 2. The summed E-state index contributed by atoms with van der Waals surface area (Å²) >= 11 is 0. The van der Waals surface area contributed by atoms with Gasteiger partial charge < -0.3 is 32.7 Å². The van der Waals surface area contributed by atoms with E-state index in [0.717, 1.165) is 17.5 Å². The Morgan fingerprint density at radius 2 is 1.34 bits per heavy atom. The standard InChI is InChI=1S/C21H30N6O2/c1-14(23)13-24-20(28)26-18-7-3-16(4-8-18)11-17-5-9-19(10-6-17)27-21(29)25-15(2)12-22/h3-10,14-15H,11-13,22-23H2,1-2H3,(H2,24,26,28)(H2,25,27,29). The van der Waals surface area contributed by atoms with Gasteiger partial charge in [-0.1, -0.05) is 24.3 Å². The molecule has 8 N–H and O–H groups in total. The molecule has 2 aromatic rings. The van der Waals surface area contributed by atoms with Crippen molar-refractivity contribution in [1.82, 2.24) is 10.6 Å². The van der Waals surface area contributed by atoms with Crippen molar-refractivity contribution in [3.8, 4) is 0 Å². The number of anilines is 2. The maximum absolute atomic E-state index is 11.8. The summed E-state index contributed by atoms with van der Waals surface area (Å²) in [4.78, 5) is 23.6. The summed E-state index contributed by atoms with van der Waals surface area (Å²) in [5, 5.41) is 11.0. The first-order chi connectivity index (χ1) is 13.9. The van der Waals surface area contributed by atoms with Gasteiger partial charge in [0, 0.05) is 36.5 Å². The van der Waals surface area contributed by atoms with E-state index in [1.165, 1.54) is 0 Å². The number of rotatable bonds is 8. The molecular formula is C21H30N6O2. The van der Waals surface area contributed by atoms with E-state index in [1.807, 2.05) is 62.4 Å². The highest BCUT2D eigenvalue weighted by Crippen LogP contribution is 2.16. The van der Waals surface area contributed by atoms with E-state index in [-0.39, 0.29) is 24.1 Å². The summed E-state index contributed by atoms with van der Waals surface area (Å²) in [5.41, 5.74) is 14.8. The third-order valence-electron chi connectivity index (χ3n) is 4.15. The second-order valence-electron chi connectivity index (χ2n) is 7.12. The average molecular weight is 399 g/mol. The predicted molar refractivity (Wildman–Crippen MR) is 117 cm³/mol. The van der Waals surface area contributed by atoms with Crippen molar-refractivity contribution >= 4 is 23.4 Å². The van der Waals surface area contributed by atoms with Crippen LogP contribution in [0, 0.1) is 0 Å². The number of carbonyl (C=O) groups excluding carboxylic acids is 2. The van der Waals surface area contributed by atoms with Crippen LogP contribution >= 0.6 is 0 Å². The van der Waals surface area contributed by atoms with Crippen LogP contribution in [0.25, 0.3) is 0 Å². The van der Waals surface area contributed by atoms with Crippen LogP contribution in [0.4, 0.5) is 21.0 Å². The van der Waals surface area contributed by atoms with Crippen molar-refractivity contribution in [2.45, 2.75) is 32.4 Å². The summed E-state index contributed by atoms with van der Waals surface area (Å²) in [6, 6.07) is 14.6. The highest BCUT2D eigenvalue weighted by atomic mass is 16.2. The van der Waals surface area contributed by atoms with Crippen molar-refractivity contribution in [3.63, 3.8) is 0 Å². The van der Waals surface area contributed by atoms with Gasteiger partial charge in [0.1, 0.15) is 0 Å². The molecule has 2 aromatic carbocycles. The molecule has 0 aliphatic carbocycles. The third-order valence-corrected chi connectivity index (χ3v) is 4.15. The lowest BCUT2D eigenvalue weighted by Crippen LogP contribution is -2.40. The molecule has 0 fully saturated rings. The molecular weight excluding hydrogens is 368 g/mol. The molecule has 8 nitrogen and oxygen atoms in total. The topological polar surface area (TPSA) is 134 Å². The molecule has 8 heteroatoms. The predicted octanol–water partition coefficient (Wildman–Crippen LogP) is 2.21. The molecule has 2 rings (SSSR count). The molecule has 2 unspecified atom stereocenters. The monoisotopic (exact) mass is 398 g/mol. The minimum absolute atomic E-state index is 0.0815. The van der Waals surface area contributed by atoms with Crippen molar-refractivity contribution in [1.29, 1.82) is 0 Å². The maximum Gasteiger partial charge on any atom is 0.319 e. The Balaban J connectivity index is 1.85. The Bertz CT molecular complexity index is 790. The molecule has 156 valence electrons. The Labute approximate surface area is 171 Å². The van der Waals surface area contributed by atoms with Crippen molar-refractivity contribution < 1.29 is 9.59 Å². The van der Waals surface area contributed by atoms with E-state index in [9.17, 15) is 9.59 Å². The SMILES string of the molecule is CC(N)CNC(=O)Nc1ccc(Cc2ccc(NC(=O)NC(C)CN)cc2)cc1. The number of benzene rings is 2. The van der Waals surface area contributed by atoms with Crippen molar-refractivity contribution in [2.75, 3.05) is 23.7 Å². The first kappa shape index (κ1) is 22.2. The van der Waals surface area contributed by atoms with Crippen LogP contribution in [0.5, 0.6) is 0 Å². The smallest absolute Gasteiger partial charge is 0.319 e. The zero-order valence-electron chi connectivity index (χ0n) is 16.9. The van der Waals surface area contributed by atoms with Gasteiger partial charge in [-0.15, -0.1) is 0 Å². The lowest BCUT2D eigenvalue weighted by atomic mass is 10.0. The van der Waals surface area contributed by atoms with Crippen LogP contribution in [-0.2, 0) is 6.42 Å². The first-order valence-corrected chi connectivity index (χ1v) is 9.61. The lowest BCUT2D eigenvalue weighted by Gasteiger charge is -2.12. The number of nitrogens with two attached hydrogens (primary N) is 2. The number of hydrogen-bond acceptors (Lipinski definition) is 4. The van der Waals surface area contributed by atoms with Gasteiger partial charge in [-0.2, -0.15) is 0 Å². The summed E-state index contributed by atoms with van der Waals surface area (Å²) in [7, 11) is 0. The summed E-state index contributed by atoms with van der Waals surface area (Å²) in [5.74, 6) is 0. The zero-order valence-corrected chi connectivity index (χ0v) is 16.9. The summed E-state index contributed by atoms with van der Waals surface area (Å²) in [6.07, 6.45) is 0.744. The van der Waals surface area contributed by atoms with E-state index >= 15 is 0 Å². The fourth-order valence-corrected chi connectivity index (χ4v) is 2.53. The van der Waals surface area contributed by atoms with Crippen molar-refractivity contribution in [2.24, 2.45) is 11.5 Å². The van der Waals surface area contributed by atoms with E-state index in [0.29, 0.717) is 24.5 Å². The third kappa shape index (κ3) is 8.20. The quantitative estimate of drug-likeness (QED) is 0.406. The highest BCUT2D eigenvalue weighted by Gasteiger charge is 2.06. The molecule has 0 spiro atoms. The molecule has 0 saturated carbocycles. The Kier molecular flexibility index (Phi) is 8.45. The Morgan fingerprint density at radius 1 is 0.862 bits per heavy atom. The van der Waals surface area contributed by atoms with E-state index in [1.54, 1.807) is 0 Å². The van der Waals surface area contributed by atoms with Gasteiger partial charge in [-0.3, -0.25) is 0 Å². The van der Waals surface area contributed by atoms with Gasteiger partial charge >= 0.3 is 12.1 Å². The largest absolute Gasteiger partial charge is 0.336 e. The number of hydrogen-bond donors (Lipinski definition) is 6. The fourth-order valence-electron chi connectivity index (χ4n) is 2.53. The maximum atomic E-state index is 11.8. The van der Waals surface area contributed by atoms with Gasteiger partial charge in [-0.25, -0.2) is 9.59 Å². The fraction of sp³-hybridized carbons (Fsp3) is 0.333. The van der Waals surface area contributed by atoms with E-state index in [4.69, 9.17) is 11.5 Å². The number of urea groups is 2. The van der Waals surface area contributed by atoms with Crippen LogP contribution in [0.2, 0.25) is 0 Å². The highest BCUT2D eigenvalue weighted by molar-refractivity contribution is 5.89. The molecule has 0 aliphatic heterocycles. The van der Waals surface area contributed by atoms with E-state index < -0.39 is 0 Å². The minimum Gasteiger partial charge on any atom is -0.336 e.